The van der Waals surface area contributed by atoms with Gasteiger partial charge < -0.3 is 29.1 Å². The number of methoxy groups -OCH3 is 2. The summed E-state index contributed by atoms with van der Waals surface area (Å²) in [5, 5.41) is 11.2. The van der Waals surface area contributed by atoms with Gasteiger partial charge in [-0.15, -0.1) is 0 Å². The highest BCUT2D eigenvalue weighted by molar-refractivity contribution is 6.46. The summed E-state index contributed by atoms with van der Waals surface area (Å²) in [4.78, 5) is 29.9. The van der Waals surface area contributed by atoms with Crippen LogP contribution in [0.25, 0.3) is 5.76 Å². The van der Waals surface area contributed by atoms with E-state index in [2.05, 4.69) is 0 Å². The molecule has 0 saturated carbocycles. The number of hydrogen-bond donors (Lipinski definition) is 1. The van der Waals surface area contributed by atoms with E-state index in [9.17, 15) is 14.7 Å². The van der Waals surface area contributed by atoms with Crippen molar-refractivity contribution in [2.45, 2.75) is 19.4 Å². The van der Waals surface area contributed by atoms with Crippen molar-refractivity contribution >= 4 is 17.4 Å². The van der Waals surface area contributed by atoms with E-state index in [0.717, 1.165) is 6.54 Å². The Kier molecular flexibility index (Phi) is 8.17. The summed E-state index contributed by atoms with van der Waals surface area (Å²) in [7, 11) is 6.96. The Balaban J connectivity index is 2.15. The van der Waals surface area contributed by atoms with Crippen LogP contribution in [-0.2, 0) is 9.59 Å². The van der Waals surface area contributed by atoms with Crippen molar-refractivity contribution in [2.24, 2.45) is 0 Å². The molecule has 1 aliphatic rings. The number of hydrogen-bond acceptors (Lipinski definition) is 7. The van der Waals surface area contributed by atoms with Gasteiger partial charge in [0.1, 0.15) is 23.0 Å². The Morgan fingerprint density at radius 2 is 1.71 bits per heavy atom. The van der Waals surface area contributed by atoms with Crippen LogP contribution in [0.2, 0.25) is 0 Å². The van der Waals surface area contributed by atoms with Crippen molar-refractivity contribution in [1.29, 1.82) is 0 Å². The van der Waals surface area contributed by atoms with E-state index in [-0.39, 0.29) is 11.3 Å². The maximum absolute atomic E-state index is 13.2. The van der Waals surface area contributed by atoms with E-state index < -0.39 is 17.7 Å². The molecule has 3 rings (SSSR count). The average molecular weight is 469 g/mol. The van der Waals surface area contributed by atoms with Crippen LogP contribution in [0.3, 0.4) is 0 Å². The fourth-order valence-electron chi connectivity index (χ4n) is 4.08. The second kappa shape index (κ2) is 11.1. The Morgan fingerprint density at radius 3 is 2.29 bits per heavy atom. The van der Waals surface area contributed by atoms with E-state index in [1.807, 2.05) is 25.9 Å². The Morgan fingerprint density at radius 1 is 1.03 bits per heavy atom. The monoisotopic (exact) mass is 468 g/mol. The first-order valence-electron chi connectivity index (χ1n) is 11.2. The zero-order valence-corrected chi connectivity index (χ0v) is 20.3. The molecule has 2 aromatic carbocycles. The van der Waals surface area contributed by atoms with Crippen molar-refractivity contribution < 1.29 is 28.9 Å². The van der Waals surface area contributed by atoms with Crippen LogP contribution < -0.4 is 14.2 Å². The first-order valence-corrected chi connectivity index (χ1v) is 11.2. The highest BCUT2D eigenvalue weighted by atomic mass is 16.5. The van der Waals surface area contributed by atoms with Gasteiger partial charge in [-0.2, -0.15) is 0 Å². The fourth-order valence-corrected chi connectivity index (χ4v) is 4.08. The van der Waals surface area contributed by atoms with Crippen molar-refractivity contribution in [1.82, 2.24) is 9.80 Å². The van der Waals surface area contributed by atoms with Gasteiger partial charge in [0.2, 0.25) is 0 Å². The van der Waals surface area contributed by atoms with Gasteiger partial charge >= 0.3 is 0 Å². The van der Waals surface area contributed by atoms with Gasteiger partial charge in [-0.25, -0.2) is 0 Å². The molecule has 0 spiro atoms. The second-order valence-corrected chi connectivity index (χ2v) is 8.21. The average Bonchev–Trinajstić information content (AvgIpc) is 3.08. The fraction of sp³-hybridized carbons (Fsp3) is 0.385. The molecule has 1 amide bonds. The number of nitrogens with zero attached hydrogens (tertiary/aromatic N) is 2. The third-order valence-corrected chi connectivity index (χ3v) is 5.71. The van der Waals surface area contributed by atoms with Gasteiger partial charge in [0.15, 0.2) is 0 Å². The molecule has 0 radical (unpaired) electrons. The number of Topliss-reactive ketones (excluding diaryl/α,β-unsaturated/α-hetero) is 1. The van der Waals surface area contributed by atoms with Gasteiger partial charge in [-0.05, 0) is 76.4 Å². The van der Waals surface area contributed by atoms with E-state index in [0.29, 0.717) is 47.9 Å². The predicted octanol–water partition coefficient (Wildman–Crippen LogP) is 3.48. The standard InChI is InChI=1S/C26H32N2O6/c1-6-34-18-10-8-17(9-11-18)24(29)22-23(20-16-19(32-4)12-13-21(20)33-5)28(26(31)25(22)30)15-7-14-27(2)3/h8-13,16,23,29H,6-7,14-15H2,1-5H3/b24-22+/t23-/m0/s1. The quantitative estimate of drug-likeness (QED) is 0.324. The van der Waals surface area contributed by atoms with Crippen molar-refractivity contribution in [3.05, 3.63) is 59.2 Å². The van der Waals surface area contributed by atoms with Gasteiger partial charge in [-0.1, -0.05) is 0 Å². The molecule has 34 heavy (non-hydrogen) atoms. The van der Waals surface area contributed by atoms with Crippen LogP contribution >= 0.6 is 0 Å². The van der Waals surface area contributed by atoms with Gasteiger partial charge in [0.25, 0.3) is 11.7 Å². The van der Waals surface area contributed by atoms with Crippen LogP contribution in [0.5, 0.6) is 17.2 Å². The van der Waals surface area contributed by atoms with Crippen LogP contribution in [0.4, 0.5) is 0 Å². The minimum atomic E-state index is -0.821. The highest BCUT2D eigenvalue weighted by Crippen LogP contribution is 2.44. The molecule has 1 N–H and O–H groups in total. The number of aliphatic hydroxyl groups excluding tert-OH is 1. The van der Waals surface area contributed by atoms with Crippen molar-refractivity contribution in [3.8, 4) is 17.2 Å². The molecule has 2 aromatic rings. The second-order valence-electron chi connectivity index (χ2n) is 8.21. The molecule has 0 aromatic heterocycles. The number of ketones is 1. The maximum Gasteiger partial charge on any atom is 0.295 e. The minimum absolute atomic E-state index is 0.0190. The lowest BCUT2D eigenvalue weighted by molar-refractivity contribution is -0.140. The first-order chi connectivity index (χ1) is 16.3. The number of likely N-dealkylation sites (tertiary alicyclic amines) is 1. The molecule has 1 saturated heterocycles. The Bertz CT molecular complexity index is 1060. The zero-order valence-electron chi connectivity index (χ0n) is 20.3. The van der Waals surface area contributed by atoms with Gasteiger partial charge in [-0.3, -0.25) is 9.59 Å². The summed E-state index contributed by atoms with van der Waals surface area (Å²) in [6, 6.07) is 11.1. The molecule has 1 fully saturated rings. The SMILES string of the molecule is CCOc1ccc(/C(O)=C2\C(=O)C(=O)N(CCCN(C)C)[C@H]2c2cc(OC)ccc2OC)cc1. The molecule has 0 unspecified atom stereocenters. The normalized spacial score (nSPS) is 17.4. The number of carbonyl (C=O) groups is 2. The van der Waals surface area contributed by atoms with Crippen molar-refractivity contribution in [3.63, 3.8) is 0 Å². The summed E-state index contributed by atoms with van der Waals surface area (Å²) in [5.74, 6) is 0.0615. The summed E-state index contributed by atoms with van der Waals surface area (Å²) < 4.78 is 16.4. The lowest BCUT2D eigenvalue weighted by Crippen LogP contribution is -2.32. The molecule has 8 heteroatoms. The van der Waals surface area contributed by atoms with E-state index >= 15 is 0 Å². The van der Waals surface area contributed by atoms with Crippen LogP contribution in [0, 0.1) is 0 Å². The van der Waals surface area contributed by atoms with Crippen LogP contribution in [0.1, 0.15) is 30.5 Å². The van der Waals surface area contributed by atoms with Crippen molar-refractivity contribution in [2.75, 3.05) is 48.0 Å². The Labute approximate surface area is 200 Å². The lowest BCUT2D eigenvalue weighted by Gasteiger charge is -2.27. The topological polar surface area (TPSA) is 88.5 Å². The summed E-state index contributed by atoms with van der Waals surface area (Å²) in [6.45, 7) is 3.48. The highest BCUT2D eigenvalue weighted by Gasteiger charge is 2.47. The number of amides is 1. The summed E-state index contributed by atoms with van der Waals surface area (Å²) >= 11 is 0. The molecule has 0 bridgehead atoms. The molecule has 1 aliphatic heterocycles. The number of rotatable bonds is 10. The number of benzene rings is 2. The van der Waals surface area contributed by atoms with Gasteiger partial charge in [0.05, 0.1) is 32.4 Å². The van der Waals surface area contributed by atoms with E-state index in [4.69, 9.17) is 14.2 Å². The molecular weight excluding hydrogens is 436 g/mol. The summed E-state index contributed by atoms with van der Waals surface area (Å²) in [6.07, 6.45) is 0.659. The van der Waals surface area contributed by atoms with Crippen LogP contribution in [-0.4, -0.2) is 74.6 Å². The number of aliphatic hydroxyl groups is 1. The number of ether oxygens (including phenoxy) is 3. The molecular formula is C26H32N2O6. The minimum Gasteiger partial charge on any atom is -0.507 e. The third kappa shape index (κ3) is 5.17. The predicted molar refractivity (Wildman–Crippen MR) is 129 cm³/mol. The molecule has 1 heterocycles. The Hall–Kier alpha value is -3.52. The van der Waals surface area contributed by atoms with Gasteiger partial charge in [0, 0.05) is 17.7 Å². The molecule has 8 nitrogen and oxygen atoms in total. The molecule has 0 aliphatic carbocycles. The lowest BCUT2D eigenvalue weighted by atomic mass is 9.94. The molecule has 1 atom stereocenters. The van der Waals surface area contributed by atoms with E-state index in [1.54, 1.807) is 49.6 Å². The van der Waals surface area contributed by atoms with Crippen LogP contribution in [0.15, 0.2) is 48.0 Å². The largest absolute Gasteiger partial charge is 0.507 e. The third-order valence-electron chi connectivity index (χ3n) is 5.71. The van der Waals surface area contributed by atoms with E-state index in [1.165, 1.54) is 12.0 Å². The summed E-state index contributed by atoms with van der Waals surface area (Å²) in [5.41, 5.74) is 1.01. The first kappa shape index (κ1) is 25.1. The maximum atomic E-state index is 13.2. The number of carbonyl (C=O) groups excluding carboxylic acids is 2. The molecule has 182 valence electrons. The smallest absolute Gasteiger partial charge is 0.295 e. The zero-order chi connectivity index (χ0) is 24.8.